The smallest absolute Gasteiger partial charge is 0.251 e. The SMILES string of the molecule is Cc1ccc(-c2ccc3c(c2)C2c4cc(C(=O)NCc5cccc6c(N)nccc56)ccc4[C@H]32)c(C#N)c1. The molecule has 0 bridgehead atoms. The molecule has 5 heteroatoms. The van der Waals surface area contributed by atoms with Crippen LogP contribution < -0.4 is 11.1 Å². The summed E-state index contributed by atoms with van der Waals surface area (Å²) in [7, 11) is 0. The molecule has 38 heavy (non-hydrogen) atoms. The molecule has 2 aliphatic carbocycles. The van der Waals surface area contributed by atoms with Crippen LogP contribution in [0, 0.1) is 18.3 Å². The van der Waals surface area contributed by atoms with Crippen molar-refractivity contribution < 1.29 is 4.79 Å². The number of benzene rings is 4. The highest BCUT2D eigenvalue weighted by atomic mass is 16.1. The molecule has 0 spiro atoms. The second-order valence-corrected chi connectivity index (χ2v) is 10.2. The van der Waals surface area contributed by atoms with Crippen molar-refractivity contribution in [2.75, 3.05) is 5.73 Å². The van der Waals surface area contributed by atoms with Crippen molar-refractivity contribution in [1.82, 2.24) is 10.3 Å². The predicted molar refractivity (Wildman–Crippen MR) is 149 cm³/mol. The molecule has 2 atom stereocenters. The maximum Gasteiger partial charge on any atom is 0.251 e. The van der Waals surface area contributed by atoms with E-state index in [1.165, 1.54) is 22.3 Å². The zero-order valence-corrected chi connectivity index (χ0v) is 20.8. The van der Waals surface area contributed by atoms with E-state index in [4.69, 9.17) is 5.73 Å². The number of nitrogens with one attached hydrogen (secondary N) is 1. The molecular weight excluding hydrogens is 468 g/mol. The van der Waals surface area contributed by atoms with Crippen molar-refractivity contribution >= 4 is 22.5 Å². The molecule has 1 unspecified atom stereocenters. The monoisotopic (exact) mass is 492 g/mol. The first-order valence-electron chi connectivity index (χ1n) is 12.7. The first kappa shape index (κ1) is 22.3. The molecule has 0 radical (unpaired) electrons. The fourth-order valence-corrected chi connectivity index (χ4v) is 6.15. The Hall–Kier alpha value is -4.95. The molecule has 0 saturated carbocycles. The molecule has 5 aromatic rings. The minimum Gasteiger partial charge on any atom is -0.383 e. The van der Waals surface area contributed by atoms with Gasteiger partial charge < -0.3 is 11.1 Å². The van der Waals surface area contributed by atoms with Gasteiger partial charge in [0.25, 0.3) is 5.91 Å². The summed E-state index contributed by atoms with van der Waals surface area (Å²) in [5, 5.41) is 14.6. The van der Waals surface area contributed by atoms with Crippen LogP contribution in [-0.2, 0) is 6.54 Å². The van der Waals surface area contributed by atoms with Crippen LogP contribution >= 0.6 is 0 Å². The third-order valence-corrected chi connectivity index (χ3v) is 8.08. The van der Waals surface area contributed by atoms with Crippen molar-refractivity contribution in [1.29, 1.82) is 5.26 Å². The van der Waals surface area contributed by atoms with Crippen molar-refractivity contribution in [2.45, 2.75) is 25.3 Å². The topological polar surface area (TPSA) is 91.8 Å². The van der Waals surface area contributed by atoms with Gasteiger partial charge in [0, 0.05) is 35.5 Å². The minimum atomic E-state index is -0.0955. The summed E-state index contributed by atoms with van der Waals surface area (Å²) >= 11 is 0. The lowest BCUT2D eigenvalue weighted by atomic mass is 9.52. The molecule has 7 rings (SSSR count). The second-order valence-electron chi connectivity index (χ2n) is 10.2. The van der Waals surface area contributed by atoms with Crippen LogP contribution in [0.25, 0.3) is 21.9 Å². The lowest BCUT2D eigenvalue weighted by Crippen LogP contribution is -2.36. The van der Waals surface area contributed by atoms with E-state index in [0.29, 0.717) is 35.3 Å². The summed E-state index contributed by atoms with van der Waals surface area (Å²) in [4.78, 5) is 17.3. The number of nitriles is 1. The van der Waals surface area contributed by atoms with E-state index in [0.717, 1.165) is 33.0 Å². The minimum absolute atomic E-state index is 0.0955. The molecule has 1 aromatic heterocycles. The average Bonchev–Trinajstić information content (AvgIpc) is 2.91. The van der Waals surface area contributed by atoms with Crippen molar-refractivity contribution in [2.24, 2.45) is 0 Å². The van der Waals surface area contributed by atoms with Gasteiger partial charge in [-0.2, -0.15) is 5.26 Å². The van der Waals surface area contributed by atoms with Crippen LogP contribution in [0.4, 0.5) is 5.82 Å². The molecule has 3 N–H and O–H groups in total. The molecule has 4 aromatic carbocycles. The van der Waals surface area contributed by atoms with Crippen LogP contribution in [0.1, 0.15) is 61.1 Å². The number of rotatable bonds is 4. The maximum absolute atomic E-state index is 13.1. The van der Waals surface area contributed by atoms with Crippen molar-refractivity contribution in [3.05, 3.63) is 130 Å². The summed E-state index contributed by atoms with van der Waals surface area (Å²) in [6.07, 6.45) is 1.69. The van der Waals surface area contributed by atoms with E-state index in [9.17, 15) is 10.1 Å². The van der Waals surface area contributed by atoms with Crippen LogP contribution in [0.3, 0.4) is 0 Å². The van der Waals surface area contributed by atoms with Gasteiger partial charge in [0.1, 0.15) is 5.82 Å². The summed E-state index contributed by atoms with van der Waals surface area (Å²) in [5.74, 6) is 1.09. The molecule has 0 fully saturated rings. The van der Waals surface area contributed by atoms with Gasteiger partial charge in [0.05, 0.1) is 11.6 Å². The van der Waals surface area contributed by atoms with Crippen LogP contribution in [0.15, 0.2) is 85.1 Å². The Bertz CT molecular complexity index is 1850. The third-order valence-electron chi connectivity index (χ3n) is 8.08. The zero-order valence-electron chi connectivity index (χ0n) is 20.8. The van der Waals surface area contributed by atoms with Gasteiger partial charge in [-0.25, -0.2) is 4.98 Å². The number of anilines is 1. The van der Waals surface area contributed by atoms with Gasteiger partial charge in [-0.15, -0.1) is 0 Å². The molecule has 1 heterocycles. The second kappa shape index (κ2) is 8.29. The van der Waals surface area contributed by atoms with E-state index in [-0.39, 0.29) is 5.91 Å². The normalized spacial score (nSPS) is 16.3. The highest BCUT2D eigenvalue weighted by molar-refractivity contribution is 5.96. The fraction of sp³-hybridized carbons (Fsp3) is 0.121. The van der Waals surface area contributed by atoms with Gasteiger partial charge in [0.15, 0.2) is 0 Å². The lowest BCUT2D eigenvalue weighted by Gasteiger charge is -2.50. The van der Waals surface area contributed by atoms with Gasteiger partial charge in [0.2, 0.25) is 0 Å². The summed E-state index contributed by atoms with van der Waals surface area (Å²) in [6, 6.07) is 28.8. The Morgan fingerprint density at radius 2 is 1.71 bits per heavy atom. The van der Waals surface area contributed by atoms with Crippen LogP contribution in [0.5, 0.6) is 0 Å². The maximum atomic E-state index is 13.1. The largest absolute Gasteiger partial charge is 0.383 e. The number of aryl methyl sites for hydroxylation is 1. The number of pyridine rings is 1. The molecule has 1 amide bonds. The quantitative estimate of drug-likeness (QED) is 0.313. The third kappa shape index (κ3) is 3.24. The fourth-order valence-electron chi connectivity index (χ4n) is 6.15. The molecule has 0 aliphatic heterocycles. The molecule has 2 aliphatic rings. The highest BCUT2D eigenvalue weighted by Gasteiger charge is 2.49. The lowest BCUT2D eigenvalue weighted by molar-refractivity contribution is 0.0951. The van der Waals surface area contributed by atoms with E-state index in [2.05, 4.69) is 40.6 Å². The first-order chi connectivity index (χ1) is 18.5. The first-order valence-corrected chi connectivity index (χ1v) is 12.7. The van der Waals surface area contributed by atoms with Gasteiger partial charge in [-0.3, -0.25) is 4.79 Å². The van der Waals surface area contributed by atoms with E-state index < -0.39 is 0 Å². The number of fused-ring (bicyclic) bond motifs is 8. The predicted octanol–water partition coefficient (Wildman–Crippen LogP) is 6.18. The number of carbonyl (C=O) groups excluding carboxylic acids is 1. The van der Waals surface area contributed by atoms with E-state index in [1.54, 1.807) is 6.20 Å². The van der Waals surface area contributed by atoms with Gasteiger partial charge in [-0.1, -0.05) is 54.6 Å². The number of nitrogens with zero attached hydrogens (tertiary/aromatic N) is 2. The summed E-state index contributed by atoms with van der Waals surface area (Å²) in [6.45, 7) is 2.41. The molecular formula is C33H24N4O. The van der Waals surface area contributed by atoms with Gasteiger partial charge in [-0.05, 0) is 81.1 Å². The molecule has 182 valence electrons. The molecule has 0 saturated heterocycles. The van der Waals surface area contributed by atoms with Crippen LogP contribution in [-0.4, -0.2) is 10.9 Å². The summed E-state index contributed by atoms with van der Waals surface area (Å²) in [5.41, 5.74) is 16.7. The average molecular weight is 493 g/mol. The zero-order chi connectivity index (χ0) is 26.0. The Morgan fingerprint density at radius 3 is 2.55 bits per heavy atom. The number of nitrogen functional groups attached to an aromatic ring is 1. The highest BCUT2D eigenvalue weighted by Crippen LogP contribution is 2.63. The van der Waals surface area contributed by atoms with Crippen LogP contribution in [0.2, 0.25) is 0 Å². The van der Waals surface area contributed by atoms with Crippen molar-refractivity contribution in [3.63, 3.8) is 0 Å². The van der Waals surface area contributed by atoms with E-state index in [1.807, 2.05) is 61.5 Å². The van der Waals surface area contributed by atoms with Crippen molar-refractivity contribution in [3.8, 4) is 17.2 Å². The number of carbonyl (C=O) groups is 1. The summed E-state index contributed by atoms with van der Waals surface area (Å²) < 4.78 is 0. The number of nitrogens with two attached hydrogens (primary N) is 1. The number of hydrogen-bond acceptors (Lipinski definition) is 4. The Labute approximate surface area is 220 Å². The Kier molecular flexibility index (Phi) is 4.86. The number of hydrogen-bond donors (Lipinski definition) is 2. The molecule has 5 nitrogen and oxygen atoms in total. The van der Waals surface area contributed by atoms with E-state index >= 15 is 0 Å². The Balaban J connectivity index is 1.13. The Morgan fingerprint density at radius 1 is 0.921 bits per heavy atom. The standard InChI is InChI=1S/C33H24N4O/c1-18-5-8-23(22(13-18)16-34)19-6-9-25-28(14-19)31-29-15-20(7-10-26(29)30(25)31)33(38)37-17-21-3-2-4-27-24(21)11-12-36-32(27)35/h2-15,30-31H,17H2,1H3,(H2,35,36)(H,37,38)/t30-,31?/m0/s1. The number of amides is 1. The van der Waals surface area contributed by atoms with Gasteiger partial charge >= 0.3 is 0 Å². The number of aromatic nitrogens is 1.